The second-order valence-electron chi connectivity index (χ2n) is 6.95. The van der Waals surface area contributed by atoms with E-state index in [2.05, 4.69) is 13.0 Å². The first-order valence-electron chi connectivity index (χ1n) is 9.31. The van der Waals surface area contributed by atoms with E-state index < -0.39 is 11.6 Å². The van der Waals surface area contributed by atoms with Gasteiger partial charge in [0.25, 0.3) is 0 Å². The maximum absolute atomic E-state index is 13.2. The summed E-state index contributed by atoms with van der Waals surface area (Å²) in [7, 11) is 0. The van der Waals surface area contributed by atoms with Crippen LogP contribution in [-0.2, 0) is 6.42 Å². The molecule has 0 aliphatic heterocycles. The standard InChI is InChI=1S/C21H30F2/c1-2-3-4-5-6-7-17-8-10-18(11-9-17)12-13-19-14-15-20(22)21(23)16-19/h10,14-17H,2-9,11-13H2,1H3. The average Bonchev–Trinajstić information content (AvgIpc) is 2.57. The van der Waals surface area contributed by atoms with Crippen LogP contribution in [-0.4, -0.2) is 0 Å². The molecule has 1 unspecified atom stereocenters. The highest BCUT2D eigenvalue weighted by Crippen LogP contribution is 2.30. The molecule has 0 radical (unpaired) electrons. The Bertz CT molecular complexity index is 505. The third-order valence-corrected chi connectivity index (χ3v) is 5.05. The van der Waals surface area contributed by atoms with Gasteiger partial charge >= 0.3 is 0 Å². The molecule has 1 atom stereocenters. The van der Waals surface area contributed by atoms with Crippen LogP contribution in [0.2, 0.25) is 0 Å². The quantitative estimate of drug-likeness (QED) is 0.340. The van der Waals surface area contributed by atoms with Crippen LogP contribution < -0.4 is 0 Å². The molecule has 0 nitrogen and oxygen atoms in total. The van der Waals surface area contributed by atoms with E-state index in [4.69, 9.17) is 0 Å². The minimum absolute atomic E-state index is 0.733. The van der Waals surface area contributed by atoms with Crippen molar-refractivity contribution in [3.8, 4) is 0 Å². The van der Waals surface area contributed by atoms with Crippen molar-refractivity contribution in [1.82, 2.24) is 0 Å². The Balaban J connectivity index is 1.67. The number of allylic oxidation sites excluding steroid dienone is 2. The van der Waals surface area contributed by atoms with E-state index in [9.17, 15) is 8.78 Å². The van der Waals surface area contributed by atoms with Crippen LogP contribution in [0.5, 0.6) is 0 Å². The monoisotopic (exact) mass is 320 g/mol. The van der Waals surface area contributed by atoms with Crippen LogP contribution in [0.1, 0.15) is 76.7 Å². The van der Waals surface area contributed by atoms with Gasteiger partial charge in [-0.15, -0.1) is 0 Å². The van der Waals surface area contributed by atoms with E-state index in [-0.39, 0.29) is 0 Å². The molecule has 0 amide bonds. The number of rotatable bonds is 9. The lowest BCUT2D eigenvalue weighted by Gasteiger charge is -2.22. The van der Waals surface area contributed by atoms with Crippen LogP contribution in [0.15, 0.2) is 29.8 Å². The fraction of sp³-hybridized carbons (Fsp3) is 0.619. The third-order valence-electron chi connectivity index (χ3n) is 5.05. The molecule has 0 N–H and O–H groups in total. The summed E-state index contributed by atoms with van der Waals surface area (Å²) >= 11 is 0. The molecule has 0 saturated carbocycles. The van der Waals surface area contributed by atoms with Crippen LogP contribution in [0.3, 0.4) is 0 Å². The summed E-state index contributed by atoms with van der Waals surface area (Å²) in [5.74, 6) is -0.626. The Morgan fingerprint density at radius 2 is 1.83 bits per heavy atom. The Kier molecular flexibility index (Phi) is 7.78. The fourth-order valence-corrected chi connectivity index (χ4v) is 3.47. The highest BCUT2D eigenvalue weighted by atomic mass is 19.2. The largest absolute Gasteiger partial charge is 0.204 e. The normalized spacial score (nSPS) is 18.0. The first kappa shape index (κ1) is 18.2. The van der Waals surface area contributed by atoms with Crippen molar-refractivity contribution >= 4 is 0 Å². The lowest BCUT2D eigenvalue weighted by molar-refractivity contribution is 0.410. The molecule has 0 aromatic heterocycles. The average molecular weight is 320 g/mol. The minimum atomic E-state index is -0.757. The van der Waals surface area contributed by atoms with Gasteiger partial charge in [0.1, 0.15) is 0 Å². The first-order valence-corrected chi connectivity index (χ1v) is 9.31. The van der Waals surface area contributed by atoms with Gasteiger partial charge in [-0.25, -0.2) is 8.78 Å². The molecule has 128 valence electrons. The summed E-state index contributed by atoms with van der Waals surface area (Å²) in [5, 5.41) is 0. The van der Waals surface area contributed by atoms with E-state index in [1.807, 2.05) is 0 Å². The summed E-state index contributed by atoms with van der Waals surface area (Å²) in [5.41, 5.74) is 2.39. The number of aryl methyl sites for hydroxylation is 1. The minimum Gasteiger partial charge on any atom is -0.204 e. The van der Waals surface area contributed by atoms with E-state index in [1.165, 1.54) is 75.5 Å². The number of benzene rings is 1. The predicted octanol–water partition coefficient (Wildman–Crippen LogP) is 6.98. The molecule has 0 fully saturated rings. The second-order valence-corrected chi connectivity index (χ2v) is 6.95. The molecule has 0 spiro atoms. The van der Waals surface area contributed by atoms with Crippen molar-refractivity contribution < 1.29 is 8.78 Å². The van der Waals surface area contributed by atoms with Crippen molar-refractivity contribution in [3.05, 3.63) is 47.0 Å². The van der Waals surface area contributed by atoms with E-state index in [1.54, 1.807) is 6.07 Å². The third kappa shape index (κ3) is 6.45. The molecule has 0 saturated heterocycles. The fourth-order valence-electron chi connectivity index (χ4n) is 3.47. The molecule has 0 heterocycles. The van der Waals surface area contributed by atoms with Gasteiger partial charge < -0.3 is 0 Å². The molecule has 1 aromatic rings. The maximum atomic E-state index is 13.2. The number of hydrogen-bond donors (Lipinski definition) is 0. The zero-order valence-electron chi connectivity index (χ0n) is 14.4. The van der Waals surface area contributed by atoms with Gasteiger partial charge in [-0.05, 0) is 55.7 Å². The highest BCUT2D eigenvalue weighted by Gasteiger charge is 2.14. The zero-order valence-corrected chi connectivity index (χ0v) is 14.4. The summed E-state index contributed by atoms with van der Waals surface area (Å²) in [6, 6.07) is 4.26. The smallest absolute Gasteiger partial charge is 0.159 e. The number of unbranched alkanes of at least 4 members (excludes halogenated alkanes) is 4. The topological polar surface area (TPSA) is 0 Å². The van der Waals surface area contributed by atoms with E-state index in [0.717, 1.165) is 24.3 Å². The zero-order chi connectivity index (χ0) is 16.5. The van der Waals surface area contributed by atoms with E-state index in [0.29, 0.717) is 0 Å². The lowest BCUT2D eigenvalue weighted by atomic mass is 9.84. The maximum Gasteiger partial charge on any atom is 0.159 e. The summed E-state index contributed by atoms with van der Waals surface area (Å²) in [6.07, 6.45) is 16.1. The molecule has 2 rings (SSSR count). The molecule has 2 heteroatoms. The van der Waals surface area contributed by atoms with Crippen molar-refractivity contribution in [2.75, 3.05) is 0 Å². The van der Waals surface area contributed by atoms with Gasteiger partial charge in [-0.1, -0.05) is 63.2 Å². The molecule has 1 aliphatic rings. The van der Waals surface area contributed by atoms with Gasteiger partial charge in [-0.3, -0.25) is 0 Å². The molecule has 1 aliphatic carbocycles. The molecular weight excluding hydrogens is 290 g/mol. The number of halogens is 2. The van der Waals surface area contributed by atoms with Gasteiger partial charge in [0, 0.05) is 0 Å². The van der Waals surface area contributed by atoms with Gasteiger partial charge in [-0.2, -0.15) is 0 Å². The van der Waals surface area contributed by atoms with Gasteiger partial charge in [0.05, 0.1) is 0 Å². The lowest BCUT2D eigenvalue weighted by Crippen LogP contribution is -2.06. The van der Waals surface area contributed by atoms with Crippen LogP contribution in [0, 0.1) is 17.6 Å². The summed E-state index contributed by atoms with van der Waals surface area (Å²) in [4.78, 5) is 0. The van der Waals surface area contributed by atoms with Crippen molar-refractivity contribution in [3.63, 3.8) is 0 Å². The van der Waals surface area contributed by atoms with E-state index >= 15 is 0 Å². The van der Waals surface area contributed by atoms with Crippen molar-refractivity contribution in [2.24, 2.45) is 5.92 Å². The Hall–Kier alpha value is -1.18. The Morgan fingerprint density at radius 1 is 1.00 bits per heavy atom. The molecule has 23 heavy (non-hydrogen) atoms. The van der Waals surface area contributed by atoms with Gasteiger partial charge in [0.15, 0.2) is 11.6 Å². The SMILES string of the molecule is CCCCCCCC1CC=C(CCc2ccc(F)c(F)c2)CC1. The number of hydrogen-bond acceptors (Lipinski definition) is 0. The van der Waals surface area contributed by atoms with Crippen LogP contribution in [0.4, 0.5) is 8.78 Å². The summed E-state index contributed by atoms with van der Waals surface area (Å²) in [6.45, 7) is 2.26. The summed E-state index contributed by atoms with van der Waals surface area (Å²) < 4.78 is 26.1. The highest BCUT2D eigenvalue weighted by molar-refractivity contribution is 5.19. The first-order chi connectivity index (χ1) is 11.2. The van der Waals surface area contributed by atoms with Crippen LogP contribution >= 0.6 is 0 Å². The van der Waals surface area contributed by atoms with Crippen LogP contribution in [0.25, 0.3) is 0 Å². The predicted molar refractivity (Wildman–Crippen MR) is 93.5 cm³/mol. The Labute approximate surface area is 140 Å². The second kappa shape index (κ2) is 9.85. The van der Waals surface area contributed by atoms with Crippen molar-refractivity contribution in [2.45, 2.75) is 77.6 Å². The van der Waals surface area contributed by atoms with Crippen molar-refractivity contribution in [1.29, 1.82) is 0 Å². The van der Waals surface area contributed by atoms with Gasteiger partial charge in [0.2, 0.25) is 0 Å². The Morgan fingerprint density at radius 3 is 2.52 bits per heavy atom. The molecule has 0 bridgehead atoms. The molecular formula is C21H30F2. The molecule has 1 aromatic carbocycles.